The van der Waals surface area contributed by atoms with Gasteiger partial charge in [0.05, 0.1) is 29.9 Å². The van der Waals surface area contributed by atoms with E-state index >= 15 is 0 Å². The normalized spacial score (nSPS) is 11.3. The monoisotopic (exact) mass is 384 g/mol. The molecule has 27 heavy (non-hydrogen) atoms. The van der Waals surface area contributed by atoms with Crippen LogP contribution >= 0.6 is 11.8 Å². The molecule has 0 spiro atoms. The Hall–Kier alpha value is -2.87. The SMILES string of the molecule is CCOC(=O)CSc1nnc2n(Cc3ccc(F)cc3)c3ccccc3n12. The molecule has 4 aromatic rings. The second-order valence-corrected chi connectivity index (χ2v) is 6.86. The van der Waals surface area contributed by atoms with E-state index in [0.717, 1.165) is 16.6 Å². The van der Waals surface area contributed by atoms with Gasteiger partial charge >= 0.3 is 5.97 Å². The number of esters is 1. The van der Waals surface area contributed by atoms with Crippen molar-refractivity contribution < 1.29 is 13.9 Å². The predicted molar refractivity (Wildman–Crippen MR) is 101 cm³/mol. The fourth-order valence-corrected chi connectivity index (χ4v) is 3.72. The van der Waals surface area contributed by atoms with E-state index in [1.165, 1.54) is 23.9 Å². The lowest BCUT2D eigenvalue weighted by Gasteiger charge is -2.05. The average Bonchev–Trinajstić information content (AvgIpc) is 3.22. The summed E-state index contributed by atoms with van der Waals surface area (Å²) in [5, 5.41) is 9.20. The minimum absolute atomic E-state index is 0.173. The second-order valence-electron chi connectivity index (χ2n) is 5.91. The van der Waals surface area contributed by atoms with Crippen molar-refractivity contribution in [3.05, 3.63) is 59.9 Å². The number of benzene rings is 2. The Bertz CT molecular complexity index is 1100. The summed E-state index contributed by atoms with van der Waals surface area (Å²) >= 11 is 1.29. The molecule has 0 fully saturated rings. The maximum absolute atomic E-state index is 13.2. The van der Waals surface area contributed by atoms with E-state index in [4.69, 9.17) is 4.74 Å². The molecule has 2 heterocycles. The van der Waals surface area contributed by atoms with Crippen molar-refractivity contribution in [1.29, 1.82) is 0 Å². The molecule has 6 nitrogen and oxygen atoms in total. The smallest absolute Gasteiger partial charge is 0.316 e. The van der Waals surface area contributed by atoms with Crippen LogP contribution in [0.2, 0.25) is 0 Å². The Morgan fingerprint density at radius 3 is 2.59 bits per heavy atom. The molecule has 0 unspecified atom stereocenters. The molecule has 0 bridgehead atoms. The molecule has 138 valence electrons. The van der Waals surface area contributed by atoms with E-state index in [2.05, 4.69) is 10.2 Å². The van der Waals surface area contributed by atoms with Crippen LogP contribution in [0.25, 0.3) is 16.8 Å². The third-order valence-corrected chi connectivity index (χ3v) is 5.05. The zero-order chi connectivity index (χ0) is 18.8. The van der Waals surface area contributed by atoms with Gasteiger partial charge in [0.25, 0.3) is 0 Å². The van der Waals surface area contributed by atoms with Gasteiger partial charge in [-0.25, -0.2) is 4.39 Å². The highest BCUT2D eigenvalue weighted by Gasteiger charge is 2.18. The van der Waals surface area contributed by atoms with Crippen molar-refractivity contribution >= 4 is 34.5 Å². The maximum Gasteiger partial charge on any atom is 0.316 e. The molecule has 0 aliphatic rings. The number of halogens is 1. The van der Waals surface area contributed by atoms with Crippen LogP contribution in [0.3, 0.4) is 0 Å². The van der Waals surface area contributed by atoms with Crippen LogP contribution in [0.15, 0.2) is 53.7 Å². The number of fused-ring (bicyclic) bond motifs is 3. The van der Waals surface area contributed by atoms with Crippen molar-refractivity contribution in [2.75, 3.05) is 12.4 Å². The Kier molecular flexibility index (Phi) is 4.81. The quantitative estimate of drug-likeness (QED) is 0.376. The van der Waals surface area contributed by atoms with Gasteiger partial charge < -0.3 is 9.30 Å². The van der Waals surface area contributed by atoms with Crippen LogP contribution < -0.4 is 0 Å². The second kappa shape index (κ2) is 7.40. The zero-order valence-corrected chi connectivity index (χ0v) is 15.4. The first-order valence-electron chi connectivity index (χ1n) is 8.52. The van der Waals surface area contributed by atoms with E-state index in [1.807, 2.05) is 33.2 Å². The molecule has 0 saturated heterocycles. The van der Waals surface area contributed by atoms with Crippen molar-refractivity contribution in [2.45, 2.75) is 18.6 Å². The van der Waals surface area contributed by atoms with Gasteiger partial charge in [0.1, 0.15) is 5.82 Å². The third-order valence-electron chi connectivity index (χ3n) is 4.15. The Balaban J connectivity index is 1.75. The molecular formula is C19H17FN4O2S. The molecule has 0 amide bonds. The first-order valence-corrected chi connectivity index (χ1v) is 9.51. The highest BCUT2D eigenvalue weighted by Crippen LogP contribution is 2.26. The van der Waals surface area contributed by atoms with Crippen molar-refractivity contribution in [3.63, 3.8) is 0 Å². The van der Waals surface area contributed by atoms with Crippen molar-refractivity contribution in [1.82, 2.24) is 19.2 Å². The number of para-hydroxylation sites is 2. The van der Waals surface area contributed by atoms with Gasteiger partial charge in [0.15, 0.2) is 5.16 Å². The first-order chi connectivity index (χ1) is 13.2. The maximum atomic E-state index is 13.2. The zero-order valence-electron chi connectivity index (χ0n) is 14.6. The minimum atomic E-state index is -0.283. The summed E-state index contributed by atoms with van der Waals surface area (Å²) in [7, 11) is 0. The van der Waals surface area contributed by atoms with Gasteiger partial charge in [0.2, 0.25) is 5.78 Å². The van der Waals surface area contributed by atoms with Gasteiger partial charge in [-0.05, 0) is 36.8 Å². The lowest BCUT2D eigenvalue weighted by Crippen LogP contribution is -2.07. The lowest BCUT2D eigenvalue weighted by atomic mass is 10.2. The fourth-order valence-electron chi connectivity index (χ4n) is 2.99. The van der Waals surface area contributed by atoms with E-state index in [9.17, 15) is 9.18 Å². The number of carbonyl (C=O) groups excluding carboxylic acids is 1. The summed E-state index contributed by atoms with van der Waals surface area (Å²) in [4.78, 5) is 11.7. The lowest BCUT2D eigenvalue weighted by molar-refractivity contribution is -0.139. The Morgan fingerprint density at radius 1 is 1.11 bits per heavy atom. The van der Waals surface area contributed by atoms with Gasteiger partial charge in [-0.15, -0.1) is 10.2 Å². The van der Waals surface area contributed by atoms with Crippen LogP contribution in [0.1, 0.15) is 12.5 Å². The minimum Gasteiger partial charge on any atom is -0.465 e. The molecule has 0 saturated carbocycles. The third kappa shape index (κ3) is 3.40. The number of rotatable bonds is 6. The number of aromatic nitrogens is 4. The number of hydrogen-bond acceptors (Lipinski definition) is 5. The fraction of sp³-hybridized carbons (Fsp3) is 0.211. The van der Waals surface area contributed by atoms with Crippen LogP contribution in [0.4, 0.5) is 4.39 Å². The van der Waals surface area contributed by atoms with E-state index in [0.29, 0.717) is 24.1 Å². The summed E-state index contributed by atoms with van der Waals surface area (Å²) in [5.74, 6) is 0.300. The van der Waals surface area contributed by atoms with Crippen LogP contribution in [-0.4, -0.2) is 37.5 Å². The Labute approximate surface area is 159 Å². The number of carbonyl (C=O) groups is 1. The molecule has 0 aliphatic heterocycles. The van der Waals surface area contributed by atoms with Crippen LogP contribution in [-0.2, 0) is 16.1 Å². The van der Waals surface area contributed by atoms with Crippen molar-refractivity contribution in [2.24, 2.45) is 0 Å². The molecule has 2 aromatic carbocycles. The molecule has 0 radical (unpaired) electrons. The van der Waals surface area contributed by atoms with Gasteiger partial charge in [-0.2, -0.15) is 0 Å². The van der Waals surface area contributed by atoms with E-state index in [1.54, 1.807) is 19.1 Å². The standard InChI is InChI=1S/C19H17FN4O2S/c1-2-26-17(25)12-27-19-22-21-18-23(11-13-7-9-14(20)10-8-13)15-5-3-4-6-16(15)24(18)19/h3-10H,2,11-12H2,1H3. The number of hydrogen-bond donors (Lipinski definition) is 0. The Morgan fingerprint density at radius 2 is 1.85 bits per heavy atom. The highest BCUT2D eigenvalue weighted by molar-refractivity contribution is 7.99. The predicted octanol–water partition coefficient (Wildman–Crippen LogP) is 3.53. The topological polar surface area (TPSA) is 61.4 Å². The molecule has 0 aliphatic carbocycles. The molecular weight excluding hydrogens is 367 g/mol. The van der Waals surface area contributed by atoms with Crippen LogP contribution in [0.5, 0.6) is 0 Å². The average molecular weight is 384 g/mol. The molecule has 0 atom stereocenters. The van der Waals surface area contributed by atoms with E-state index < -0.39 is 0 Å². The molecule has 0 N–H and O–H groups in total. The molecule has 2 aromatic heterocycles. The largest absolute Gasteiger partial charge is 0.465 e. The number of nitrogens with zero attached hydrogens (tertiary/aromatic N) is 4. The molecule has 8 heteroatoms. The summed E-state index contributed by atoms with van der Waals surface area (Å²) in [6.07, 6.45) is 0. The summed E-state index contributed by atoms with van der Waals surface area (Å²) in [5.41, 5.74) is 2.90. The van der Waals surface area contributed by atoms with E-state index in [-0.39, 0.29) is 17.5 Å². The summed E-state index contributed by atoms with van der Waals surface area (Å²) < 4.78 is 22.2. The summed E-state index contributed by atoms with van der Waals surface area (Å²) in [6.45, 7) is 2.67. The first kappa shape index (κ1) is 17.5. The number of thioether (sulfide) groups is 1. The molecule has 4 rings (SSSR count). The van der Waals surface area contributed by atoms with Gasteiger partial charge in [0, 0.05) is 0 Å². The summed E-state index contributed by atoms with van der Waals surface area (Å²) in [6, 6.07) is 14.3. The highest BCUT2D eigenvalue weighted by atomic mass is 32.2. The van der Waals surface area contributed by atoms with Crippen LogP contribution in [0, 0.1) is 5.82 Å². The number of imidazole rings is 1. The van der Waals surface area contributed by atoms with Gasteiger partial charge in [-0.3, -0.25) is 9.20 Å². The van der Waals surface area contributed by atoms with Crippen molar-refractivity contribution in [3.8, 4) is 0 Å². The number of ether oxygens (including phenoxy) is 1. The van der Waals surface area contributed by atoms with Gasteiger partial charge in [-0.1, -0.05) is 36.0 Å².